The topological polar surface area (TPSA) is 29.1 Å². The van der Waals surface area contributed by atoms with Crippen molar-refractivity contribution in [3.05, 3.63) is 64.7 Å². The molecule has 0 aliphatic rings. The summed E-state index contributed by atoms with van der Waals surface area (Å²) < 4.78 is 39.0. The number of rotatable bonds is 5. The van der Waals surface area contributed by atoms with E-state index in [1.54, 1.807) is 6.92 Å². The molecule has 0 aliphatic carbocycles. The molecule has 1 amide bonds. The van der Waals surface area contributed by atoms with Crippen LogP contribution in [0.2, 0.25) is 0 Å². The number of hydrogen-bond acceptors (Lipinski definition) is 2. The Kier molecular flexibility index (Phi) is 6.16. The van der Waals surface area contributed by atoms with Crippen LogP contribution >= 0.6 is 11.8 Å². The molecular weight excluding hydrogens is 347 g/mol. The van der Waals surface area contributed by atoms with Crippen molar-refractivity contribution < 1.29 is 18.0 Å². The van der Waals surface area contributed by atoms with Gasteiger partial charge in [-0.1, -0.05) is 41.5 Å². The normalized spacial score (nSPS) is 12.7. The first-order chi connectivity index (χ1) is 11.7. The van der Waals surface area contributed by atoms with Gasteiger partial charge in [0, 0.05) is 5.75 Å². The van der Waals surface area contributed by atoms with Crippen LogP contribution in [0.15, 0.2) is 42.5 Å². The van der Waals surface area contributed by atoms with Crippen molar-refractivity contribution in [1.82, 2.24) is 0 Å². The van der Waals surface area contributed by atoms with E-state index in [1.807, 2.05) is 26.0 Å². The highest BCUT2D eigenvalue weighted by Gasteiger charge is 2.33. The van der Waals surface area contributed by atoms with Crippen LogP contribution in [0.5, 0.6) is 0 Å². The number of para-hydroxylation sites is 1. The monoisotopic (exact) mass is 367 g/mol. The van der Waals surface area contributed by atoms with E-state index in [1.165, 1.54) is 30.0 Å². The summed E-state index contributed by atoms with van der Waals surface area (Å²) in [5, 5.41) is 1.93. The molecule has 2 nitrogen and oxygen atoms in total. The minimum absolute atomic E-state index is 0.209. The molecule has 2 aromatic rings. The summed E-state index contributed by atoms with van der Waals surface area (Å²) in [5.41, 5.74) is 2.34. The number of alkyl halides is 3. The summed E-state index contributed by atoms with van der Waals surface area (Å²) in [5.74, 6) is 0.184. The lowest BCUT2D eigenvalue weighted by Gasteiger charge is -2.16. The van der Waals surface area contributed by atoms with Crippen molar-refractivity contribution in [2.24, 2.45) is 0 Å². The molecule has 0 heterocycles. The average molecular weight is 367 g/mol. The Labute approximate surface area is 149 Å². The van der Waals surface area contributed by atoms with Crippen molar-refractivity contribution in [3.63, 3.8) is 0 Å². The van der Waals surface area contributed by atoms with Crippen molar-refractivity contribution in [3.8, 4) is 0 Å². The van der Waals surface area contributed by atoms with Gasteiger partial charge in [0.15, 0.2) is 0 Å². The van der Waals surface area contributed by atoms with Gasteiger partial charge in [-0.25, -0.2) is 0 Å². The molecule has 0 saturated heterocycles. The zero-order valence-electron chi connectivity index (χ0n) is 14.3. The van der Waals surface area contributed by atoms with Crippen LogP contribution in [-0.2, 0) is 16.7 Å². The van der Waals surface area contributed by atoms with E-state index < -0.39 is 22.9 Å². The Morgan fingerprint density at radius 3 is 2.32 bits per heavy atom. The molecule has 0 fully saturated rings. The summed E-state index contributed by atoms with van der Waals surface area (Å²) in [6, 6.07) is 11.2. The molecule has 25 heavy (non-hydrogen) atoms. The van der Waals surface area contributed by atoms with Crippen LogP contribution in [0.3, 0.4) is 0 Å². The number of halogens is 3. The van der Waals surface area contributed by atoms with E-state index in [-0.39, 0.29) is 5.69 Å². The Hall–Kier alpha value is -1.95. The number of aryl methyl sites for hydroxylation is 2. The first-order valence-electron chi connectivity index (χ1n) is 7.82. The van der Waals surface area contributed by atoms with E-state index >= 15 is 0 Å². The van der Waals surface area contributed by atoms with Crippen LogP contribution in [0.4, 0.5) is 18.9 Å². The lowest BCUT2D eigenvalue weighted by molar-refractivity contribution is -0.137. The standard InChI is InChI=1S/C19H20F3NOS/c1-12-8-13(2)10-15(9-12)11-25-14(3)18(24)23-17-7-5-4-6-16(17)19(20,21)22/h4-10,14H,11H2,1-3H3,(H,23,24)/t14-/m1/s1. The lowest BCUT2D eigenvalue weighted by Crippen LogP contribution is -2.24. The summed E-state index contributed by atoms with van der Waals surface area (Å²) in [4.78, 5) is 12.2. The number of carbonyl (C=O) groups is 1. The number of thioether (sulfide) groups is 1. The van der Waals surface area contributed by atoms with Gasteiger partial charge in [0.05, 0.1) is 16.5 Å². The Balaban J connectivity index is 2.01. The lowest BCUT2D eigenvalue weighted by atomic mass is 10.1. The molecule has 1 atom stereocenters. The van der Waals surface area contributed by atoms with E-state index in [4.69, 9.17) is 0 Å². The number of carbonyl (C=O) groups excluding carboxylic acids is 1. The highest BCUT2D eigenvalue weighted by molar-refractivity contribution is 7.99. The maximum Gasteiger partial charge on any atom is 0.418 e. The Morgan fingerprint density at radius 1 is 1.12 bits per heavy atom. The molecule has 0 spiro atoms. The van der Waals surface area contributed by atoms with Crippen LogP contribution in [0.1, 0.15) is 29.2 Å². The van der Waals surface area contributed by atoms with Gasteiger partial charge in [0.25, 0.3) is 0 Å². The van der Waals surface area contributed by atoms with Crippen LogP contribution in [0, 0.1) is 13.8 Å². The molecule has 0 saturated carbocycles. The van der Waals surface area contributed by atoms with Crippen molar-refractivity contribution in [2.75, 3.05) is 5.32 Å². The zero-order valence-corrected chi connectivity index (χ0v) is 15.1. The van der Waals surface area contributed by atoms with Gasteiger partial charge in [0.1, 0.15) is 0 Å². The van der Waals surface area contributed by atoms with Gasteiger partial charge in [-0.15, -0.1) is 11.8 Å². The number of benzene rings is 2. The molecule has 1 N–H and O–H groups in total. The van der Waals surface area contributed by atoms with Gasteiger partial charge in [-0.05, 0) is 38.5 Å². The first kappa shape index (κ1) is 19.4. The van der Waals surface area contributed by atoms with Crippen molar-refractivity contribution in [2.45, 2.75) is 38.0 Å². The van der Waals surface area contributed by atoms with Gasteiger partial charge in [-0.2, -0.15) is 13.2 Å². The van der Waals surface area contributed by atoms with E-state index in [0.29, 0.717) is 5.75 Å². The van der Waals surface area contributed by atoms with E-state index in [2.05, 4.69) is 11.4 Å². The van der Waals surface area contributed by atoms with Gasteiger partial charge >= 0.3 is 6.18 Å². The summed E-state index contributed by atoms with van der Waals surface area (Å²) in [6.07, 6.45) is -4.50. The minimum Gasteiger partial charge on any atom is -0.325 e. The first-order valence-corrected chi connectivity index (χ1v) is 8.87. The van der Waals surface area contributed by atoms with Crippen LogP contribution in [-0.4, -0.2) is 11.2 Å². The van der Waals surface area contributed by atoms with Gasteiger partial charge in [0.2, 0.25) is 5.91 Å². The third kappa shape index (κ3) is 5.53. The minimum atomic E-state index is -4.50. The summed E-state index contributed by atoms with van der Waals surface area (Å²) in [6.45, 7) is 5.70. The maximum absolute atomic E-state index is 13.0. The second kappa shape index (κ2) is 7.95. The van der Waals surface area contributed by atoms with E-state index in [0.717, 1.165) is 22.8 Å². The fraction of sp³-hybridized carbons (Fsp3) is 0.316. The molecule has 0 bridgehead atoms. The summed E-state index contributed by atoms with van der Waals surface area (Å²) in [7, 11) is 0. The molecule has 0 unspecified atom stereocenters. The third-order valence-electron chi connectivity index (χ3n) is 3.64. The van der Waals surface area contributed by atoms with E-state index in [9.17, 15) is 18.0 Å². The average Bonchev–Trinajstić information content (AvgIpc) is 2.51. The fourth-order valence-electron chi connectivity index (χ4n) is 2.52. The highest BCUT2D eigenvalue weighted by atomic mass is 32.2. The SMILES string of the molecule is Cc1cc(C)cc(CS[C@H](C)C(=O)Nc2ccccc2C(F)(F)F)c1. The zero-order chi connectivity index (χ0) is 18.6. The quantitative estimate of drug-likeness (QED) is 0.747. The van der Waals surface area contributed by atoms with Crippen LogP contribution < -0.4 is 5.32 Å². The second-order valence-corrected chi connectivity index (χ2v) is 7.31. The molecule has 0 aromatic heterocycles. The molecule has 6 heteroatoms. The molecule has 2 aromatic carbocycles. The van der Waals surface area contributed by atoms with Gasteiger partial charge < -0.3 is 5.32 Å². The molecular formula is C19H20F3NOS. The molecule has 134 valence electrons. The number of hydrogen-bond donors (Lipinski definition) is 1. The number of anilines is 1. The molecule has 0 radical (unpaired) electrons. The fourth-order valence-corrected chi connectivity index (χ4v) is 3.34. The van der Waals surface area contributed by atoms with Gasteiger partial charge in [-0.3, -0.25) is 4.79 Å². The predicted octanol–water partition coefficient (Wildman–Crippen LogP) is 5.58. The smallest absolute Gasteiger partial charge is 0.325 e. The Bertz CT molecular complexity index is 738. The third-order valence-corrected chi connectivity index (χ3v) is 4.86. The highest BCUT2D eigenvalue weighted by Crippen LogP contribution is 2.34. The Morgan fingerprint density at radius 2 is 1.72 bits per heavy atom. The van der Waals surface area contributed by atoms with Crippen molar-refractivity contribution in [1.29, 1.82) is 0 Å². The van der Waals surface area contributed by atoms with Crippen molar-refractivity contribution >= 4 is 23.4 Å². The summed E-state index contributed by atoms with van der Waals surface area (Å²) >= 11 is 1.39. The number of nitrogens with one attached hydrogen (secondary N) is 1. The maximum atomic E-state index is 13.0. The molecule has 2 rings (SSSR count). The number of amides is 1. The molecule has 0 aliphatic heterocycles. The second-order valence-electron chi connectivity index (χ2n) is 5.98. The van der Waals surface area contributed by atoms with Crippen LogP contribution in [0.25, 0.3) is 0 Å². The largest absolute Gasteiger partial charge is 0.418 e. The predicted molar refractivity (Wildman–Crippen MR) is 96.7 cm³/mol.